The predicted molar refractivity (Wildman–Crippen MR) is 98.9 cm³/mol. The molecule has 0 bridgehead atoms. The zero-order valence-corrected chi connectivity index (χ0v) is 15.4. The lowest BCUT2D eigenvalue weighted by Gasteiger charge is -2.27. The van der Waals surface area contributed by atoms with Crippen LogP contribution >= 0.6 is 0 Å². The number of hydrogen-bond acceptors (Lipinski definition) is 4. The number of carbonyl (C=O) groups is 1. The van der Waals surface area contributed by atoms with Crippen molar-refractivity contribution in [2.24, 2.45) is 0 Å². The van der Waals surface area contributed by atoms with Crippen molar-refractivity contribution in [3.63, 3.8) is 0 Å². The van der Waals surface area contributed by atoms with Crippen molar-refractivity contribution in [3.8, 4) is 0 Å². The van der Waals surface area contributed by atoms with E-state index in [1.165, 1.54) is 0 Å². The Morgan fingerprint density at radius 2 is 1.76 bits per heavy atom. The van der Waals surface area contributed by atoms with Gasteiger partial charge in [-0.1, -0.05) is 12.1 Å². The van der Waals surface area contributed by atoms with Crippen LogP contribution in [-0.2, 0) is 14.3 Å². The third-order valence-corrected chi connectivity index (χ3v) is 5.01. The molecule has 2 aliphatic heterocycles. The summed E-state index contributed by atoms with van der Waals surface area (Å²) in [5.74, 6) is 0.0321. The van der Waals surface area contributed by atoms with Crippen molar-refractivity contribution < 1.29 is 14.3 Å². The van der Waals surface area contributed by atoms with Gasteiger partial charge in [-0.15, -0.1) is 0 Å². The highest BCUT2D eigenvalue weighted by atomic mass is 16.5. The molecule has 0 aromatic heterocycles. The fourth-order valence-corrected chi connectivity index (χ4v) is 3.62. The van der Waals surface area contributed by atoms with Crippen molar-refractivity contribution in [3.05, 3.63) is 29.3 Å². The van der Waals surface area contributed by atoms with E-state index in [0.717, 1.165) is 68.8 Å². The van der Waals surface area contributed by atoms with E-state index in [-0.39, 0.29) is 18.1 Å². The Morgan fingerprint density at radius 3 is 2.32 bits per heavy atom. The molecule has 2 atom stereocenters. The van der Waals surface area contributed by atoms with E-state index in [2.05, 4.69) is 16.3 Å². The molecule has 2 heterocycles. The summed E-state index contributed by atoms with van der Waals surface area (Å²) < 4.78 is 11.5. The molecule has 1 N–H and O–H groups in total. The average Bonchev–Trinajstić information content (AvgIpc) is 3.25. The van der Waals surface area contributed by atoms with Crippen molar-refractivity contribution in [2.75, 3.05) is 38.2 Å². The van der Waals surface area contributed by atoms with Gasteiger partial charge in [-0.2, -0.15) is 0 Å². The third kappa shape index (κ3) is 5.53. The van der Waals surface area contributed by atoms with Crippen molar-refractivity contribution in [2.45, 2.75) is 51.7 Å². The third-order valence-electron chi connectivity index (χ3n) is 5.01. The lowest BCUT2D eigenvalue weighted by atomic mass is 10.1. The first-order valence-corrected chi connectivity index (χ1v) is 9.43. The average molecular weight is 346 g/mol. The Morgan fingerprint density at radius 1 is 1.12 bits per heavy atom. The minimum atomic E-state index is 0.0321. The Labute approximate surface area is 150 Å². The Kier molecular flexibility index (Phi) is 6.45. The van der Waals surface area contributed by atoms with Gasteiger partial charge in [-0.05, 0) is 56.7 Å². The van der Waals surface area contributed by atoms with E-state index >= 15 is 0 Å². The predicted octanol–water partition coefficient (Wildman–Crippen LogP) is 2.90. The Bertz CT molecular complexity index is 560. The maximum absolute atomic E-state index is 12.6. The van der Waals surface area contributed by atoms with Crippen LogP contribution in [0.1, 0.15) is 36.8 Å². The molecular formula is C20H30N2O3. The van der Waals surface area contributed by atoms with Gasteiger partial charge in [0.2, 0.25) is 5.91 Å². The first kappa shape index (κ1) is 18.4. The van der Waals surface area contributed by atoms with Crippen LogP contribution in [0, 0.1) is 13.8 Å². The van der Waals surface area contributed by atoms with Crippen LogP contribution in [0.5, 0.6) is 0 Å². The van der Waals surface area contributed by atoms with Gasteiger partial charge in [0.15, 0.2) is 0 Å². The summed E-state index contributed by atoms with van der Waals surface area (Å²) in [5, 5.41) is 3.07. The molecule has 138 valence electrons. The molecule has 0 spiro atoms. The minimum absolute atomic E-state index is 0.0321. The summed E-state index contributed by atoms with van der Waals surface area (Å²) in [5.41, 5.74) is 3.14. The second kappa shape index (κ2) is 8.79. The van der Waals surface area contributed by atoms with Crippen molar-refractivity contribution in [1.29, 1.82) is 0 Å². The number of benzene rings is 1. The van der Waals surface area contributed by atoms with E-state index in [4.69, 9.17) is 9.47 Å². The summed E-state index contributed by atoms with van der Waals surface area (Å²) in [6.07, 6.45) is 4.89. The molecule has 1 amide bonds. The molecule has 0 radical (unpaired) electrons. The highest BCUT2D eigenvalue weighted by molar-refractivity contribution is 5.93. The standard InChI is InChI=1S/C20H30N2O3/c1-15-7-8-16(2)19(11-15)21-20(23)14-22(12-17-5-3-9-24-17)13-18-6-4-10-25-18/h7-8,11,17-18H,3-6,9-10,12-14H2,1-2H3,(H,21,23)/t17-,18-/m0/s1. The zero-order chi connectivity index (χ0) is 17.6. The number of amides is 1. The van der Waals surface area contributed by atoms with Crippen molar-refractivity contribution in [1.82, 2.24) is 4.90 Å². The molecule has 2 aliphatic rings. The van der Waals surface area contributed by atoms with Gasteiger partial charge in [0.1, 0.15) is 0 Å². The monoisotopic (exact) mass is 346 g/mol. The number of nitrogens with zero attached hydrogens (tertiary/aromatic N) is 1. The maximum Gasteiger partial charge on any atom is 0.238 e. The molecule has 0 aliphatic carbocycles. The molecular weight excluding hydrogens is 316 g/mol. The normalized spacial score (nSPS) is 23.3. The first-order valence-electron chi connectivity index (χ1n) is 9.43. The van der Waals surface area contributed by atoms with Gasteiger partial charge in [0.05, 0.1) is 18.8 Å². The molecule has 5 nitrogen and oxygen atoms in total. The number of ether oxygens (including phenoxy) is 2. The number of anilines is 1. The lowest BCUT2D eigenvalue weighted by Crippen LogP contribution is -2.42. The summed E-state index contributed by atoms with van der Waals surface area (Å²) in [4.78, 5) is 14.8. The number of carbonyl (C=O) groups excluding carboxylic acids is 1. The van der Waals surface area contributed by atoms with E-state index < -0.39 is 0 Å². The fourth-order valence-electron chi connectivity index (χ4n) is 3.62. The van der Waals surface area contributed by atoms with Crippen molar-refractivity contribution >= 4 is 11.6 Å². The van der Waals surface area contributed by atoms with Crippen LogP contribution in [0.4, 0.5) is 5.69 Å². The molecule has 3 rings (SSSR count). The number of rotatable bonds is 7. The minimum Gasteiger partial charge on any atom is -0.377 e. The summed E-state index contributed by atoms with van der Waals surface area (Å²) >= 11 is 0. The second-order valence-corrected chi connectivity index (χ2v) is 7.33. The summed E-state index contributed by atoms with van der Waals surface area (Å²) in [6, 6.07) is 6.13. The molecule has 1 aromatic rings. The fraction of sp³-hybridized carbons (Fsp3) is 0.650. The Hall–Kier alpha value is -1.43. The van der Waals surface area contributed by atoms with Gasteiger partial charge >= 0.3 is 0 Å². The topological polar surface area (TPSA) is 50.8 Å². The molecule has 0 saturated carbocycles. The lowest BCUT2D eigenvalue weighted by molar-refractivity contribution is -0.118. The smallest absolute Gasteiger partial charge is 0.238 e. The van der Waals surface area contributed by atoms with E-state index in [1.54, 1.807) is 0 Å². The largest absolute Gasteiger partial charge is 0.377 e. The second-order valence-electron chi connectivity index (χ2n) is 7.33. The van der Waals surface area contributed by atoms with Gasteiger partial charge in [-0.25, -0.2) is 0 Å². The highest BCUT2D eigenvalue weighted by Gasteiger charge is 2.25. The highest BCUT2D eigenvalue weighted by Crippen LogP contribution is 2.19. The summed E-state index contributed by atoms with van der Waals surface area (Å²) in [6.45, 7) is 7.73. The SMILES string of the molecule is Cc1ccc(C)c(NC(=O)CN(C[C@@H]2CCCO2)C[C@@H]2CCCO2)c1. The van der Waals surface area contributed by atoms with Crippen LogP contribution in [0.25, 0.3) is 0 Å². The van der Waals surface area contributed by atoms with Crippen LogP contribution in [0.2, 0.25) is 0 Å². The summed E-state index contributed by atoms with van der Waals surface area (Å²) in [7, 11) is 0. The molecule has 0 unspecified atom stereocenters. The van der Waals surface area contributed by atoms with Gasteiger partial charge in [0.25, 0.3) is 0 Å². The molecule has 25 heavy (non-hydrogen) atoms. The molecule has 2 saturated heterocycles. The van der Waals surface area contributed by atoms with Crippen LogP contribution in [-0.4, -0.2) is 55.9 Å². The quantitative estimate of drug-likeness (QED) is 0.825. The number of hydrogen-bond donors (Lipinski definition) is 1. The van der Waals surface area contributed by atoms with Crippen LogP contribution in [0.15, 0.2) is 18.2 Å². The molecule has 1 aromatic carbocycles. The van der Waals surface area contributed by atoms with Gasteiger partial charge in [-0.3, -0.25) is 9.69 Å². The molecule has 2 fully saturated rings. The van der Waals surface area contributed by atoms with Crippen LogP contribution < -0.4 is 5.32 Å². The zero-order valence-electron chi connectivity index (χ0n) is 15.4. The first-order chi connectivity index (χ1) is 12.1. The van der Waals surface area contributed by atoms with Gasteiger partial charge < -0.3 is 14.8 Å². The van der Waals surface area contributed by atoms with E-state index in [9.17, 15) is 4.79 Å². The van der Waals surface area contributed by atoms with Crippen LogP contribution in [0.3, 0.4) is 0 Å². The number of aryl methyl sites for hydroxylation is 2. The number of nitrogens with one attached hydrogen (secondary N) is 1. The Balaban J connectivity index is 1.58. The molecule has 5 heteroatoms. The van der Waals surface area contributed by atoms with Gasteiger partial charge in [0, 0.05) is 32.0 Å². The maximum atomic E-state index is 12.6. The van der Waals surface area contributed by atoms with E-state index in [0.29, 0.717) is 6.54 Å². The van der Waals surface area contributed by atoms with E-state index in [1.807, 2.05) is 26.0 Å².